The largest absolute Gasteiger partial charge is 0.330 e. The summed E-state index contributed by atoms with van der Waals surface area (Å²) in [7, 11) is 2.15. The summed E-state index contributed by atoms with van der Waals surface area (Å²) < 4.78 is 1.02. The third-order valence-corrected chi connectivity index (χ3v) is 4.74. The molecular weight excluding hydrogens is 288 g/mol. The molecule has 1 aliphatic rings. The Kier molecular flexibility index (Phi) is 3.90. The van der Waals surface area contributed by atoms with Crippen LogP contribution in [0.4, 0.5) is 0 Å². The van der Waals surface area contributed by atoms with Crippen LogP contribution in [-0.2, 0) is 0 Å². The summed E-state index contributed by atoms with van der Waals surface area (Å²) in [6, 6.07) is 6.48. The SMILES string of the molecule is CN1CC(CN)CC1c1cccc(Cl)c1Br. The smallest absolute Gasteiger partial charge is 0.0551 e. The van der Waals surface area contributed by atoms with Crippen molar-refractivity contribution in [3.8, 4) is 0 Å². The summed E-state index contributed by atoms with van der Waals surface area (Å²) in [6.45, 7) is 1.83. The highest BCUT2D eigenvalue weighted by Crippen LogP contribution is 2.39. The van der Waals surface area contributed by atoms with Crippen molar-refractivity contribution in [3.05, 3.63) is 33.3 Å². The molecule has 16 heavy (non-hydrogen) atoms. The Morgan fingerprint density at radius 2 is 2.31 bits per heavy atom. The van der Waals surface area contributed by atoms with Crippen LogP contribution in [-0.4, -0.2) is 25.0 Å². The van der Waals surface area contributed by atoms with E-state index in [4.69, 9.17) is 17.3 Å². The maximum Gasteiger partial charge on any atom is 0.0551 e. The van der Waals surface area contributed by atoms with E-state index in [-0.39, 0.29) is 0 Å². The Bertz CT molecular complexity index is 383. The predicted molar refractivity (Wildman–Crippen MR) is 71.7 cm³/mol. The van der Waals surface area contributed by atoms with Gasteiger partial charge in [-0.2, -0.15) is 0 Å². The first-order valence-corrected chi connectivity index (χ1v) is 6.64. The van der Waals surface area contributed by atoms with E-state index >= 15 is 0 Å². The lowest BCUT2D eigenvalue weighted by Gasteiger charge is -2.21. The minimum Gasteiger partial charge on any atom is -0.330 e. The lowest BCUT2D eigenvalue weighted by atomic mass is 10.00. The minimum atomic E-state index is 0.432. The zero-order chi connectivity index (χ0) is 11.7. The molecule has 0 aliphatic carbocycles. The number of nitrogens with two attached hydrogens (primary N) is 1. The predicted octanol–water partition coefficient (Wildman–Crippen LogP) is 3.05. The van der Waals surface area contributed by atoms with E-state index in [0.717, 1.165) is 29.0 Å². The van der Waals surface area contributed by atoms with Gasteiger partial charge in [-0.25, -0.2) is 0 Å². The second-order valence-corrected chi connectivity index (χ2v) is 5.64. The topological polar surface area (TPSA) is 29.3 Å². The molecule has 0 aromatic heterocycles. The molecule has 1 aliphatic heterocycles. The van der Waals surface area contributed by atoms with Crippen LogP contribution in [0.2, 0.25) is 5.02 Å². The molecule has 1 fully saturated rings. The highest BCUT2D eigenvalue weighted by molar-refractivity contribution is 9.10. The number of likely N-dealkylation sites (tertiary alicyclic amines) is 1. The standard InChI is InChI=1S/C12H16BrClN2/c1-16-7-8(6-15)5-11(16)9-3-2-4-10(14)12(9)13/h2-4,8,11H,5-7,15H2,1H3. The first-order chi connectivity index (χ1) is 7.63. The lowest BCUT2D eigenvalue weighted by Crippen LogP contribution is -2.20. The van der Waals surface area contributed by atoms with E-state index in [1.165, 1.54) is 5.56 Å². The van der Waals surface area contributed by atoms with Gasteiger partial charge in [0.2, 0.25) is 0 Å². The Hall–Kier alpha value is -0.0900. The Morgan fingerprint density at radius 1 is 1.56 bits per heavy atom. The van der Waals surface area contributed by atoms with Crippen LogP contribution in [0.3, 0.4) is 0 Å². The average molecular weight is 304 g/mol. The monoisotopic (exact) mass is 302 g/mol. The first-order valence-electron chi connectivity index (χ1n) is 5.47. The van der Waals surface area contributed by atoms with Crippen molar-refractivity contribution in [2.45, 2.75) is 12.5 Å². The molecule has 1 heterocycles. The molecule has 1 aromatic carbocycles. The summed E-state index contributed by atoms with van der Waals surface area (Å²) in [5.41, 5.74) is 7.01. The third-order valence-electron chi connectivity index (χ3n) is 3.31. The quantitative estimate of drug-likeness (QED) is 0.910. The van der Waals surface area contributed by atoms with E-state index in [1.807, 2.05) is 12.1 Å². The van der Waals surface area contributed by atoms with Gasteiger partial charge >= 0.3 is 0 Å². The van der Waals surface area contributed by atoms with E-state index < -0.39 is 0 Å². The molecule has 0 amide bonds. The van der Waals surface area contributed by atoms with Crippen molar-refractivity contribution < 1.29 is 0 Å². The van der Waals surface area contributed by atoms with Gasteiger partial charge in [0.05, 0.1) is 5.02 Å². The van der Waals surface area contributed by atoms with Gasteiger partial charge in [0.25, 0.3) is 0 Å². The Labute approximate surface area is 110 Å². The van der Waals surface area contributed by atoms with Crippen LogP contribution in [0.25, 0.3) is 0 Å². The normalized spacial score (nSPS) is 26.2. The zero-order valence-corrected chi connectivity index (χ0v) is 11.6. The molecule has 2 atom stereocenters. The van der Waals surface area contributed by atoms with Gasteiger partial charge < -0.3 is 5.73 Å². The van der Waals surface area contributed by atoms with Gasteiger partial charge in [-0.05, 0) is 53.5 Å². The van der Waals surface area contributed by atoms with Gasteiger partial charge in [-0.15, -0.1) is 0 Å². The molecular formula is C12H16BrClN2. The molecule has 4 heteroatoms. The Morgan fingerprint density at radius 3 is 2.94 bits per heavy atom. The van der Waals surface area contributed by atoms with Gasteiger partial charge in [0.1, 0.15) is 0 Å². The molecule has 0 bridgehead atoms. The van der Waals surface area contributed by atoms with Crippen molar-refractivity contribution in [2.75, 3.05) is 20.1 Å². The highest BCUT2D eigenvalue weighted by Gasteiger charge is 2.30. The van der Waals surface area contributed by atoms with E-state index in [2.05, 4.69) is 33.9 Å². The molecule has 0 saturated carbocycles. The van der Waals surface area contributed by atoms with Gasteiger partial charge in [0.15, 0.2) is 0 Å². The van der Waals surface area contributed by atoms with Gasteiger partial charge in [-0.3, -0.25) is 4.90 Å². The van der Waals surface area contributed by atoms with E-state index in [0.29, 0.717) is 12.0 Å². The zero-order valence-electron chi connectivity index (χ0n) is 9.29. The lowest BCUT2D eigenvalue weighted by molar-refractivity contribution is 0.313. The number of rotatable bonds is 2. The number of hydrogen-bond acceptors (Lipinski definition) is 2. The number of halogens is 2. The van der Waals surface area contributed by atoms with Crippen LogP contribution in [0, 0.1) is 5.92 Å². The fourth-order valence-electron chi connectivity index (χ4n) is 2.42. The van der Waals surface area contributed by atoms with Crippen molar-refractivity contribution in [1.29, 1.82) is 0 Å². The van der Waals surface area contributed by atoms with Crippen molar-refractivity contribution >= 4 is 27.5 Å². The Balaban J connectivity index is 2.28. The first kappa shape index (κ1) is 12.4. The van der Waals surface area contributed by atoms with Crippen LogP contribution < -0.4 is 5.73 Å². The molecule has 88 valence electrons. The van der Waals surface area contributed by atoms with E-state index in [1.54, 1.807) is 0 Å². The van der Waals surface area contributed by atoms with Crippen LogP contribution in [0.15, 0.2) is 22.7 Å². The summed E-state index contributed by atoms with van der Waals surface area (Å²) in [4.78, 5) is 2.36. The molecule has 1 saturated heterocycles. The number of nitrogens with zero attached hydrogens (tertiary/aromatic N) is 1. The fourth-order valence-corrected chi connectivity index (χ4v) is 3.13. The molecule has 1 aromatic rings. The maximum absolute atomic E-state index is 6.12. The van der Waals surface area contributed by atoms with Gasteiger partial charge in [0, 0.05) is 17.1 Å². The summed E-state index contributed by atoms with van der Waals surface area (Å²) in [5, 5.41) is 0.780. The molecule has 0 radical (unpaired) electrons. The van der Waals surface area contributed by atoms with Crippen LogP contribution in [0.1, 0.15) is 18.0 Å². The summed E-state index contributed by atoms with van der Waals surface area (Å²) in [5.74, 6) is 0.598. The fraction of sp³-hybridized carbons (Fsp3) is 0.500. The number of hydrogen-bond donors (Lipinski definition) is 1. The molecule has 0 spiro atoms. The van der Waals surface area contributed by atoms with Crippen molar-refractivity contribution in [3.63, 3.8) is 0 Å². The second-order valence-electron chi connectivity index (χ2n) is 4.44. The van der Waals surface area contributed by atoms with E-state index in [9.17, 15) is 0 Å². The molecule has 2 rings (SSSR count). The van der Waals surface area contributed by atoms with Crippen LogP contribution in [0.5, 0.6) is 0 Å². The van der Waals surface area contributed by atoms with Crippen molar-refractivity contribution in [2.24, 2.45) is 11.7 Å². The third kappa shape index (κ3) is 2.28. The van der Waals surface area contributed by atoms with Gasteiger partial charge in [-0.1, -0.05) is 23.7 Å². The summed E-state index contributed by atoms with van der Waals surface area (Å²) in [6.07, 6.45) is 1.12. The maximum atomic E-state index is 6.12. The molecule has 2 unspecified atom stereocenters. The van der Waals surface area contributed by atoms with Crippen LogP contribution >= 0.6 is 27.5 Å². The minimum absolute atomic E-state index is 0.432. The van der Waals surface area contributed by atoms with Crippen molar-refractivity contribution in [1.82, 2.24) is 4.90 Å². The highest BCUT2D eigenvalue weighted by atomic mass is 79.9. The molecule has 2 nitrogen and oxygen atoms in total. The molecule has 2 N–H and O–H groups in total. The second kappa shape index (κ2) is 5.05. The number of benzene rings is 1. The average Bonchev–Trinajstić information content (AvgIpc) is 2.64. The summed E-state index contributed by atoms with van der Waals surface area (Å²) >= 11 is 9.69.